The summed E-state index contributed by atoms with van der Waals surface area (Å²) in [5, 5.41) is 8.73. The number of rotatable bonds is 7. The van der Waals surface area contributed by atoms with Crippen molar-refractivity contribution in [3.8, 4) is 0 Å². The van der Waals surface area contributed by atoms with Crippen molar-refractivity contribution >= 4 is 5.97 Å². The second-order valence-electron chi connectivity index (χ2n) is 3.89. The standard InChI is InChI=1S/C13H20O2/c1-5-10(2)7-6-8-11(3)9-12(4)13(14)15/h5,8,12H,1-2,6-7,9H2,3-4H3,(H,14,15). The molecule has 2 nitrogen and oxygen atoms in total. The monoisotopic (exact) mass is 208 g/mol. The van der Waals surface area contributed by atoms with Gasteiger partial charge in [0.15, 0.2) is 0 Å². The van der Waals surface area contributed by atoms with E-state index in [1.54, 1.807) is 13.0 Å². The van der Waals surface area contributed by atoms with Crippen molar-refractivity contribution in [2.45, 2.75) is 33.1 Å². The molecule has 0 aliphatic heterocycles. The Labute approximate surface area is 92.0 Å². The molecule has 0 fully saturated rings. The van der Waals surface area contributed by atoms with Crippen LogP contribution in [-0.2, 0) is 4.79 Å². The highest BCUT2D eigenvalue weighted by atomic mass is 16.4. The average molecular weight is 208 g/mol. The molecule has 0 amide bonds. The van der Waals surface area contributed by atoms with Gasteiger partial charge in [0, 0.05) is 0 Å². The zero-order chi connectivity index (χ0) is 11.8. The second-order valence-corrected chi connectivity index (χ2v) is 3.89. The average Bonchev–Trinajstić information content (AvgIpc) is 2.17. The minimum atomic E-state index is -0.738. The summed E-state index contributed by atoms with van der Waals surface area (Å²) in [5.74, 6) is -1.04. The van der Waals surface area contributed by atoms with E-state index in [0.29, 0.717) is 6.42 Å². The molecule has 15 heavy (non-hydrogen) atoms. The zero-order valence-electron chi connectivity index (χ0n) is 9.62. The molecule has 0 aromatic carbocycles. The molecule has 0 aliphatic rings. The SMILES string of the molecule is C=CC(=C)CCC=C(C)CC(C)C(=O)O. The minimum absolute atomic E-state index is 0.302. The summed E-state index contributed by atoms with van der Waals surface area (Å²) in [6.07, 6.45) is 6.25. The highest BCUT2D eigenvalue weighted by Gasteiger charge is 2.10. The van der Waals surface area contributed by atoms with E-state index in [4.69, 9.17) is 5.11 Å². The molecule has 2 heteroatoms. The first-order chi connectivity index (χ1) is 6.97. The largest absolute Gasteiger partial charge is 0.481 e. The summed E-state index contributed by atoms with van der Waals surface area (Å²) in [5.41, 5.74) is 2.15. The number of allylic oxidation sites excluding steroid dienone is 4. The summed E-state index contributed by atoms with van der Waals surface area (Å²) in [6, 6.07) is 0. The van der Waals surface area contributed by atoms with Gasteiger partial charge in [-0.2, -0.15) is 0 Å². The van der Waals surface area contributed by atoms with Crippen LogP contribution in [0.1, 0.15) is 33.1 Å². The van der Waals surface area contributed by atoms with E-state index in [0.717, 1.165) is 24.0 Å². The maximum Gasteiger partial charge on any atom is 0.306 e. The summed E-state index contributed by atoms with van der Waals surface area (Å²) >= 11 is 0. The van der Waals surface area contributed by atoms with Gasteiger partial charge >= 0.3 is 5.97 Å². The number of hydrogen-bond acceptors (Lipinski definition) is 1. The second kappa shape index (κ2) is 7.04. The Hall–Kier alpha value is -1.31. The van der Waals surface area contributed by atoms with Crippen LogP contribution < -0.4 is 0 Å². The van der Waals surface area contributed by atoms with Crippen LogP contribution in [0.3, 0.4) is 0 Å². The van der Waals surface area contributed by atoms with E-state index >= 15 is 0 Å². The van der Waals surface area contributed by atoms with Crippen molar-refractivity contribution in [2.24, 2.45) is 5.92 Å². The molecule has 0 spiro atoms. The molecule has 0 saturated heterocycles. The van der Waals surface area contributed by atoms with Crippen molar-refractivity contribution in [3.05, 3.63) is 36.5 Å². The Morgan fingerprint density at radius 3 is 2.60 bits per heavy atom. The van der Waals surface area contributed by atoms with Gasteiger partial charge in [0.2, 0.25) is 0 Å². The smallest absolute Gasteiger partial charge is 0.306 e. The van der Waals surface area contributed by atoms with Crippen LogP contribution in [0, 0.1) is 5.92 Å². The maximum atomic E-state index is 10.6. The number of carboxylic acids is 1. The molecule has 1 unspecified atom stereocenters. The van der Waals surface area contributed by atoms with Gasteiger partial charge in [-0.25, -0.2) is 0 Å². The van der Waals surface area contributed by atoms with Gasteiger partial charge in [-0.05, 0) is 26.2 Å². The van der Waals surface area contributed by atoms with E-state index in [1.165, 1.54) is 0 Å². The normalized spacial score (nSPS) is 13.3. The zero-order valence-corrected chi connectivity index (χ0v) is 9.62. The Balaban J connectivity index is 3.94. The summed E-state index contributed by atoms with van der Waals surface area (Å²) in [7, 11) is 0. The fraction of sp³-hybridized carbons (Fsp3) is 0.462. The van der Waals surface area contributed by atoms with Crippen LogP contribution in [0.2, 0.25) is 0 Å². The van der Waals surface area contributed by atoms with Crippen LogP contribution in [0.25, 0.3) is 0 Å². The van der Waals surface area contributed by atoms with Gasteiger partial charge in [-0.15, -0.1) is 0 Å². The van der Waals surface area contributed by atoms with E-state index in [9.17, 15) is 4.79 Å². The van der Waals surface area contributed by atoms with Crippen LogP contribution in [0.4, 0.5) is 0 Å². The summed E-state index contributed by atoms with van der Waals surface area (Å²) in [4.78, 5) is 10.6. The lowest BCUT2D eigenvalue weighted by molar-refractivity contribution is -0.141. The fourth-order valence-electron chi connectivity index (χ4n) is 1.26. The molecular formula is C13H20O2. The van der Waals surface area contributed by atoms with Gasteiger partial charge in [0.05, 0.1) is 5.92 Å². The molecule has 0 radical (unpaired) electrons. The quantitative estimate of drug-likeness (QED) is 0.513. The molecule has 0 aliphatic carbocycles. The number of carboxylic acid groups (broad SMARTS) is 1. The van der Waals surface area contributed by atoms with E-state index in [1.807, 2.05) is 6.92 Å². The number of carbonyl (C=O) groups is 1. The third-order valence-corrected chi connectivity index (χ3v) is 2.30. The summed E-state index contributed by atoms with van der Waals surface area (Å²) < 4.78 is 0. The maximum absolute atomic E-state index is 10.6. The predicted molar refractivity (Wildman–Crippen MR) is 63.7 cm³/mol. The van der Waals surface area contributed by atoms with Crippen LogP contribution >= 0.6 is 0 Å². The first-order valence-corrected chi connectivity index (χ1v) is 5.16. The molecule has 0 heterocycles. The van der Waals surface area contributed by atoms with Crippen molar-refractivity contribution in [2.75, 3.05) is 0 Å². The van der Waals surface area contributed by atoms with E-state index < -0.39 is 5.97 Å². The predicted octanol–water partition coefficient (Wildman–Crippen LogP) is 3.57. The molecular weight excluding hydrogens is 188 g/mol. The Morgan fingerprint density at radius 2 is 2.13 bits per heavy atom. The van der Waals surface area contributed by atoms with Gasteiger partial charge in [-0.3, -0.25) is 4.79 Å². The van der Waals surface area contributed by atoms with Gasteiger partial charge < -0.3 is 5.11 Å². The van der Waals surface area contributed by atoms with Crippen LogP contribution in [0.15, 0.2) is 36.5 Å². The van der Waals surface area contributed by atoms with Gasteiger partial charge in [-0.1, -0.05) is 43.4 Å². The lowest BCUT2D eigenvalue weighted by Gasteiger charge is -2.06. The van der Waals surface area contributed by atoms with Crippen molar-refractivity contribution < 1.29 is 9.90 Å². The topological polar surface area (TPSA) is 37.3 Å². The molecule has 84 valence electrons. The molecule has 1 N–H and O–H groups in total. The van der Waals surface area contributed by atoms with E-state index in [2.05, 4.69) is 19.2 Å². The fourth-order valence-corrected chi connectivity index (χ4v) is 1.26. The van der Waals surface area contributed by atoms with Gasteiger partial charge in [0.25, 0.3) is 0 Å². The lowest BCUT2D eigenvalue weighted by atomic mass is 10.0. The molecule has 0 rings (SSSR count). The molecule has 0 bridgehead atoms. The molecule has 0 aromatic heterocycles. The number of hydrogen-bond donors (Lipinski definition) is 1. The van der Waals surface area contributed by atoms with Crippen molar-refractivity contribution in [1.82, 2.24) is 0 Å². The number of aliphatic carboxylic acids is 1. The van der Waals surface area contributed by atoms with Crippen molar-refractivity contribution in [1.29, 1.82) is 0 Å². The highest BCUT2D eigenvalue weighted by molar-refractivity contribution is 5.69. The molecule has 0 saturated carbocycles. The third-order valence-electron chi connectivity index (χ3n) is 2.30. The Bertz CT molecular complexity index is 274. The van der Waals surface area contributed by atoms with E-state index in [-0.39, 0.29) is 5.92 Å². The first-order valence-electron chi connectivity index (χ1n) is 5.16. The minimum Gasteiger partial charge on any atom is -0.481 e. The third kappa shape index (κ3) is 6.72. The molecule has 1 atom stereocenters. The highest BCUT2D eigenvalue weighted by Crippen LogP contribution is 2.13. The molecule has 0 aromatic rings. The van der Waals surface area contributed by atoms with Crippen LogP contribution in [-0.4, -0.2) is 11.1 Å². The Morgan fingerprint density at radius 1 is 1.53 bits per heavy atom. The first kappa shape index (κ1) is 13.7. The van der Waals surface area contributed by atoms with Crippen LogP contribution in [0.5, 0.6) is 0 Å². The lowest BCUT2D eigenvalue weighted by Crippen LogP contribution is -2.09. The summed E-state index contributed by atoms with van der Waals surface area (Å²) in [6.45, 7) is 11.1. The van der Waals surface area contributed by atoms with Crippen molar-refractivity contribution in [3.63, 3.8) is 0 Å². The Kier molecular flexibility index (Phi) is 6.43. The van der Waals surface area contributed by atoms with Gasteiger partial charge in [0.1, 0.15) is 0 Å².